The first-order chi connectivity index (χ1) is 5.68. The Bertz CT molecular complexity index is 182. The molecular weight excluding hydrogens is 156 g/mol. The second kappa shape index (κ2) is 6.58. The van der Waals surface area contributed by atoms with Gasteiger partial charge in [0.05, 0.1) is 0 Å². The maximum Gasteiger partial charge on any atom is 0.376 e. The molecule has 0 saturated carbocycles. The second-order valence-corrected chi connectivity index (χ2v) is 2.57. The number of ketones is 1. The van der Waals surface area contributed by atoms with Crippen molar-refractivity contribution in [3.8, 4) is 0 Å². The minimum atomic E-state index is -1.39. The van der Waals surface area contributed by atoms with E-state index in [1.165, 1.54) is 0 Å². The van der Waals surface area contributed by atoms with Gasteiger partial charge in [-0.1, -0.05) is 25.8 Å². The van der Waals surface area contributed by atoms with E-state index in [-0.39, 0.29) is 0 Å². The van der Waals surface area contributed by atoms with Crippen LogP contribution >= 0.6 is 0 Å². The number of hydrogen-bond acceptors (Lipinski definition) is 2. The third-order valence-electron chi connectivity index (χ3n) is 1.45. The molecule has 0 saturated heterocycles. The Labute approximate surface area is 72.1 Å². The van der Waals surface area contributed by atoms with Crippen molar-refractivity contribution in [2.24, 2.45) is 0 Å². The van der Waals surface area contributed by atoms with Gasteiger partial charge in [-0.15, -0.1) is 0 Å². The van der Waals surface area contributed by atoms with Gasteiger partial charge in [-0.05, 0) is 18.9 Å². The van der Waals surface area contributed by atoms with E-state index in [0.29, 0.717) is 0 Å². The fraction of sp³-hybridized carbons (Fsp3) is 0.556. The molecule has 0 aromatic rings. The summed E-state index contributed by atoms with van der Waals surface area (Å²) in [4.78, 5) is 20.5. The van der Waals surface area contributed by atoms with E-state index in [2.05, 4.69) is 6.92 Å². The Morgan fingerprint density at radius 1 is 1.33 bits per heavy atom. The quantitative estimate of drug-likeness (QED) is 0.375. The smallest absolute Gasteiger partial charge is 0.376 e. The van der Waals surface area contributed by atoms with E-state index in [4.69, 9.17) is 5.11 Å². The zero-order valence-electron chi connectivity index (χ0n) is 7.25. The largest absolute Gasteiger partial charge is 0.475 e. The van der Waals surface area contributed by atoms with Crippen molar-refractivity contribution in [2.75, 3.05) is 0 Å². The topological polar surface area (TPSA) is 54.4 Å². The molecule has 0 aliphatic carbocycles. The molecule has 0 aliphatic rings. The van der Waals surface area contributed by atoms with Gasteiger partial charge in [0.15, 0.2) is 0 Å². The van der Waals surface area contributed by atoms with Crippen molar-refractivity contribution < 1.29 is 14.7 Å². The summed E-state index contributed by atoms with van der Waals surface area (Å²) in [5.41, 5.74) is 0. The van der Waals surface area contributed by atoms with Gasteiger partial charge < -0.3 is 5.11 Å². The molecule has 0 fully saturated rings. The summed E-state index contributed by atoms with van der Waals surface area (Å²) in [6.45, 7) is 2.09. The molecule has 68 valence electrons. The van der Waals surface area contributed by atoms with Crippen LogP contribution in [0.4, 0.5) is 0 Å². The summed E-state index contributed by atoms with van der Waals surface area (Å²) in [5, 5.41) is 8.18. The van der Waals surface area contributed by atoms with Crippen LogP contribution in [0.2, 0.25) is 0 Å². The second-order valence-electron chi connectivity index (χ2n) is 2.57. The highest BCUT2D eigenvalue weighted by molar-refractivity contribution is 6.37. The first-order valence-electron chi connectivity index (χ1n) is 4.12. The lowest BCUT2D eigenvalue weighted by atomic mass is 10.2. The van der Waals surface area contributed by atoms with Gasteiger partial charge in [-0.2, -0.15) is 0 Å². The number of rotatable bonds is 6. The molecule has 12 heavy (non-hydrogen) atoms. The summed E-state index contributed by atoms with van der Waals surface area (Å²) in [5.74, 6) is -2.23. The number of aliphatic carboxylic acids is 1. The molecule has 0 radical (unpaired) electrons. The molecule has 0 atom stereocenters. The van der Waals surface area contributed by atoms with Crippen LogP contribution in [0.5, 0.6) is 0 Å². The summed E-state index contributed by atoms with van der Waals surface area (Å²) in [6.07, 6.45) is 6.78. The molecule has 0 spiro atoms. The predicted octanol–water partition coefficient (Wildman–Crippen LogP) is 1.78. The van der Waals surface area contributed by atoms with Gasteiger partial charge in [0.1, 0.15) is 0 Å². The van der Waals surface area contributed by atoms with Crippen molar-refractivity contribution in [3.63, 3.8) is 0 Å². The number of allylic oxidation sites excluding steroid dienone is 1. The maximum atomic E-state index is 10.5. The summed E-state index contributed by atoms with van der Waals surface area (Å²) in [6, 6.07) is 0. The zero-order chi connectivity index (χ0) is 9.40. The van der Waals surface area contributed by atoms with Crippen LogP contribution in [0, 0.1) is 0 Å². The van der Waals surface area contributed by atoms with Gasteiger partial charge in [0.2, 0.25) is 0 Å². The Kier molecular flexibility index (Phi) is 5.97. The highest BCUT2D eigenvalue weighted by Gasteiger charge is 2.04. The van der Waals surface area contributed by atoms with Crippen LogP contribution in [0.1, 0.15) is 32.6 Å². The van der Waals surface area contributed by atoms with Gasteiger partial charge in [0.25, 0.3) is 5.78 Å². The van der Waals surface area contributed by atoms with Crippen molar-refractivity contribution in [2.45, 2.75) is 32.6 Å². The summed E-state index contributed by atoms with van der Waals surface area (Å²) < 4.78 is 0. The zero-order valence-corrected chi connectivity index (χ0v) is 7.25. The molecule has 0 rings (SSSR count). The van der Waals surface area contributed by atoms with Crippen LogP contribution < -0.4 is 0 Å². The molecule has 0 bridgehead atoms. The first kappa shape index (κ1) is 10.9. The van der Waals surface area contributed by atoms with Gasteiger partial charge in [0, 0.05) is 0 Å². The maximum absolute atomic E-state index is 10.5. The molecule has 0 unspecified atom stereocenters. The average Bonchev–Trinajstić information content (AvgIpc) is 2.03. The van der Waals surface area contributed by atoms with Crippen LogP contribution in [0.15, 0.2) is 12.2 Å². The molecule has 0 heterocycles. The van der Waals surface area contributed by atoms with E-state index in [1.807, 2.05) is 0 Å². The fourth-order valence-corrected chi connectivity index (χ4v) is 0.774. The highest BCUT2D eigenvalue weighted by Crippen LogP contribution is 1.99. The molecule has 0 aromatic carbocycles. The van der Waals surface area contributed by atoms with E-state index in [9.17, 15) is 9.59 Å². The lowest BCUT2D eigenvalue weighted by Crippen LogP contribution is -2.08. The summed E-state index contributed by atoms with van der Waals surface area (Å²) in [7, 11) is 0. The third-order valence-corrected chi connectivity index (χ3v) is 1.45. The standard InChI is InChI=1S/C9H14O3/c1-2-3-4-5-6-7-8(10)9(11)12/h6-7H,2-5H2,1H3,(H,11,12). The Hall–Kier alpha value is -1.12. The molecular formula is C9H14O3. The Balaban J connectivity index is 3.48. The Morgan fingerprint density at radius 2 is 2.00 bits per heavy atom. The van der Waals surface area contributed by atoms with Gasteiger partial charge in [-0.25, -0.2) is 4.79 Å². The van der Waals surface area contributed by atoms with Crippen molar-refractivity contribution >= 4 is 11.8 Å². The number of hydrogen-bond donors (Lipinski definition) is 1. The first-order valence-corrected chi connectivity index (χ1v) is 4.12. The van der Waals surface area contributed by atoms with E-state index < -0.39 is 11.8 Å². The fourth-order valence-electron chi connectivity index (χ4n) is 0.774. The minimum absolute atomic E-state index is 0.785. The molecule has 0 aromatic heterocycles. The number of carbonyl (C=O) groups excluding carboxylic acids is 1. The summed E-state index contributed by atoms with van der Waals surface area (Å²) >= 11 is 0. The van der Waals surface area contributed by atoms with E-state index in [0.717, 1.165) is 31.8 Å². The third kappa shape index (κ3) is 5.65. The number of carboxylic acid groups (broad SMARTS) is 1. The minimum Gasteiger partial charge on any atom is -0.475 e. The van der Waals surface area contributed by atoms with Crippen molar-refractivity contribution in [1.29, 1.82) is 0 Å². The lowest BCUT2D eigenvalue weighted by molar-refractivity contribution is -0.146. The molecule has 0 aliphatic heterocycles. The highest BCUT2D eigenvalue weighted by atomic mass is 16.4. The number of unbranched alkanes of at least 4 members (excludes halogenated alkanes) is 3. The number of carbonyl (C=O) groups is 2. The van der Waals surface area contributed by atoms with Crippen LogP contribution in [-0.4, -0.2) is 16.9 Å². The molecule has 0 amide bonds. The lowest BCUT2D eigenvalue weighted by Gasteiger charge is -1.90. The molecule has 3 heteroatoms. The number of carboxylic acids is 1. The van der Waals surface area contributed by atoms with E-state index >= 15 is 0 Å². The monoisotopic (exact) mass is 170 g/mol. The van der Waals surface area contributed by atoms with Crippen molar-refractivity contribution in [3.05, 3.63) is 12.2 Å². The van der Waals surface area contributed by atoms with Gasteiger partial charge in [-0.3, -0.25) is 4.79 Å². The normalized spacial score (nSPS) is 10.4. The van der Waals surface area contributed by atoms with Crippen molar-refractivity contribution in [1.82, 2.24) is 0 Å². The average molecular weight is 170 g/mol. The Morgan fingerprint density at radius 3 is 2.50 bits per heavy atom. The SMILES string of the molecule is CCCCCC=CC(=O)C(=O)O. The van der Waals surface area contributed by atoms with Crippen LogP contribution in [0.3, 0.4) is 0 Å². The van der Waals surface area contributed by atoms with Gasteiger partial charge >= 0.3 is 5.97 Å². The van der Waals surface area contributed by atoms with Crippen LogP contribution in [-0.2, 0) is 9.59 Å². The predicted molar refractivity (Wildman–Crippen MR) is 45.9 cm³/mol. The van der Waals surface area contributed by atoms with E-state index in [1.54, 1.807) is 6.08 Å². The van der Waals surface area contributed by atoms with Crippen LogP contribution in [0.25, 0.3) is 0 Å². The molecule has 3 nitrogen and oxygen atoms in total. The molecule has 1 N–H and O–H groups in total.